The molecule has 5 nitrogen and oxygen atoms in total. The molecule has 2 aromatic rings. The monoisotopic (exact) mass is 380 g/mol. The average Bonchev–Trinajstić information content (AvgIpc) is 2.75. The summed E-state index contributed by atoms with van der Waals surface area (Å²) in [6.45, 7) is 3.57. The fourth-order valence-corrected chi connectivity index (χ4v) is 4.47. The van der Waals surface area contributed by atoms with E-state index in [9.17, 15) is 4.79 Å². The smallest absolute Gasteiger partial charge is 0.224 e. The molecule has 5 heteroatoms. The summed E-state index contributed by atoms with van der Waals surface area (Å²) in [7, 11) is 0. The summed E-state index contributed by atoms with van der Waals surface area (Å²) in [5, 5.41) is 11.4. The second kappa shape index (κ2) is 9.37. The third-order valence-electron chi connectivity index (χ3n) is 6.04. The van der Waals surface area contributed by atoms with Crippen LogP contribution in [0.25, 0.3) is 10.9 Å². The Morgan fingerprint density at radius 2 is 1.96 bits per heavy atom. The van der Waals surface area contributed by atoms with Crippen LogP contribution < -0.4 is 16.0 Å². The Morgan fingerprint density at radius 3 is 2.86 bits per heavy atom. The molecular weight excluding hydrogens is 348 g/mol. The number of benzene rings is 1. The first-order valence-corrected chi connectivity index (χ1v) is 11.0. The number of para-hydroxylation sites is 1. The molecular formula is C23H32N4O. The minimum Gasteiger partial charge on any atom is -0.384 e. The number of nitrogens with one attached hydrogen (secondary N) is 3. The van der Waals surface area contributed by atoms with E-state index >= 15 is 0 Å². The van der Waals surface area contributed by atoms with Crippen molar-refractivity contribution in [2.24, 2.45) is 5.92 Å². The van der Waals surface area contributed by atoms with E-state index in [1.54, 1.807) is 0 Å². The maximum absolute atomic E-state index is 12.2. The van der Waals surface area contributed by atoms with E-state index in [-0.39, 0.29) is 11.8 Å². The molecule has 1 aliphatic carbocycles. The third kappa shape index (κ3) is 4.46. The number of hydrogen-bond acceptors (Lipinski definition) is 4. The van der Waals surface area contributed by atoms with E-state index < -0.39 is 0 Å². The van der Waals surface area contributed by atoms with Gasteiger partial charge in [0.25, 0.3) is 0 Å². The molecule has 1 unspecified atom stereocenters. The zero-order valence-corrected chi connectivity index (χ0v) is 16.7. The fourth-order valence-electron chi connectivity index (χ4n) is 4.47. The van der Waals surface area contributed by atoms with Crippen LogP contribution in [-0.4, -0.2) is 37.1 Å². The van der Waals surface area contributed by atoms with Gasteiger partial charge in [-0.3, -0.25) is 9.78 Å². The van der Waals surface area contributed by atoms with Gasteiger partial charge in [-0.2, -0.15) is 0 Å². The van der Waals surface area contributed by atoms with Gasteiger partial charge in [-0.25, -0.2) is 0 Å². The van der Waals surface area contributed by atoms with Gasteiger partial charge in [0.15, 0.2) is 0 Å². The van der Waals surface area contributed by atoms with Crippen LogP contribution in [0.1, 0.15) is 49.8 Å². The summed E-state index contributed by atoms with van der Waals surface area (Å²) in [6, 6.07) is 8.46. The Labute approximate surface area is 167 Å². The number of aryl methyl sites for hydroxylation is 1. The highest BCUT2D eigenvalue weighted by atomic mass is 16.1. The van der Waals surface area contributed by atoms with E-state index in [1.807, 2.05) is 0 Å². The van der Waals surface area contributed by atoms with Crippen molar-refractivity contribution >= 4 is 22.5 Å². The number of unbranched alkanes of at least 4 members (excludes halogenated alkanes) is 1. The highest BCUT2D eigenvalue weighted by Gasteiger charge is 2.20. The summed E-state index contributed by atoms with van der Waals surface area (Å²) in [4.78, 5) is 17.1. The molecule has 0 spiro atoms. The highest BCUT2D eigenvalue weighted by molar-refractivity contribution is 5.93. The predicted molar refractivity (Wildman–Crippen MR) is 115 cm³/mol. The van der Waals surface area contributed by atoms with Crippen LogP contribution in [0.2, 0.25) is 0 Å². The van der Waals surface area contributed by atoms with Gasteiger partial charge >= 0.3 is 0 Å². The number of hydrogen-bond donors (Lipinski definition) is 3. The molecule has 1 aromatic carbocycles. The van der Waals surface area contributed by atoms with Crippen LogP contribution in [0.15, 0.2) is 24.3 Å². The van der Waals surface area contributed by atoms with Crippen LogP contribution in [-0.2, 0) is 17.6 Å². The summed E-state index contributed by atoms with van der Waals surface area (Å²) in [5.41, 5.74) is 5.08. The Balaban J connectivity index is 1.29. The topological polar surface area (TPSA) is 66.0 Å². The van der Waals surface area contributed by atoms with Crippen molar-refractivity contribution in [3.8, 4) is 0 Å². The van der Waals surface area contributed by atoms with Gasteiger partial charge in [-0.15, -0.1) is 0 Å². The van der Waals surface area contributed by atoms with Gasteiger partial charge < -0.3 is 16.0 Å². The van der Waals surface area contributed by atoms with Gasteiger partial charge in [0, 0.05) is 36.4 Å². The maximum atomic E-state index is 12.2. The lowest BCUT2D eigenvalue weighted by molar-refractivity contribution is -0.125. The van der Waals surface area contributed by atoms with Crippen molar-refractivity contribution in [2.75, 3.05) is 31.5 Å². The summed E-state index contributed by atoms with van der Waals surface area (Å²) in [6.07, 6.45) is 8.89. The molecule has 1 fully saturated rings. The van der Waals surface area contributed by atoms with Crippen molar-refractivity contribution in [2.45, 2.75) is 51.4 Å². The summed E-state index contributed by atoms with van der Waals surface area (Å²) >= 11 is 0. The zero-order chi connectivity index (χ0) is 19.2. The quantitative estimate of drug-likeness (QED) is 0.644. The Kier molecular flexibility index (Phi) is 6.42. The number of rotatable bonds is 7. The van der Waals surface area contributed by atoms with Crippen molar-refractivity contribution in [1.82, 2.24) is 15.6 Å². The lowest BCUT2D eigenvalue weighted by atomic mass is 9.92. The number of anilines is 1. The maximum Gasteiger partial charge on any atom is 0.224 e. The molecule has 1 aliphatic heterocycles. The lowest BCUT2D eigenvalue weighted by Gasteiger charge is -2.22. The molecule has 1 aromatic heterocycles. The fraction of sp³-hybridized carbons (Fsp3) is 0.565. The van der Waals surface area contributed by atoms with E-state index in [0.29, 0.717) is 0 Å². The number of fused-ring (bicyclic) bond motifs is 2. The standard InChI is InChI=1S/C23H32N4O/c28-23(17-8-7-13-24-16-17)26-15-6-5-14-25-22-18-9-1-3-11-20(18)27-21-12-4-2-10-19(21)22/h1,3,9,11,17,24H,2,4-8,10,12-16H2,(H,25,27)(H,26,28). The van der Waals surface area contributed by atoms with Crippen LogP contribution >= 0.6 is 0 Å². The second-order valence-electron chi connectivity index (χ2n) is 8.10. The molecule has 2 heterocycles. The first-order chi connectivity index (χ1) is 13.8. The van der Waals surface area contributed by atoms with E-state index in [1.165, 1.54) is 35.2 Å². The SMILES string of the molecule is O=C(NCCCCNc1c2c(nc3ccccc13)CCCC2)C1CCCNC1. The largest absolute Gasteiger partial charge is 0.384 e. The molecule has 0 saturated carbocycles. The van der Waals surface area contributed by atoms with Gasteiger partial charge in [0.2, 0.25) is 5.91 Å². The molecule has 28 heavy (non-hydrogen) atoms. The van der Waals surface area contributed by atoms with Crippen molar-refractivity contribution < 1.29 is 4.79 Å². The molecule has 4 rings (SSSR count). The van der Waals surface area contributed by atoms with E-state index in [2.05, 4.69) is 40.2 Å². The Hall–Kier alpha value is -2.14. The summed E-state index contributed by atoms with van der Waals surface area (Å²) in [5.74, 6) is 0.371. The number of carbonyl (C=O) groups is 1. The number of pyridine rings is 1. The molecule has 3 N–H and O–H groups in total. The van der Waals surface area contributed by atoms with Crippen molar-refractivity contribution in [3.63, 3.8) is 0 Å². The Bertz CT molecular complexity index is 814. The predicted octanol–water partition coefficient (Wildman–Crippen LogP) is 3.42. The van der Waals surface area contributed by atoms with Gasteiger partial charge in [0.05, 0.1) is 11.4 Å². The molecule has 0 bridgehead atoms. The van der Waals surface area contributed by atoms with Crippen LogP contribution in [0.5, 0.6) is 0 Å². The van der Waals surface area contributed by atoms with Crippen molar-refractivity contribution in [1.29, 1.82) is 0 Å². The van der Waals surface area contributed by atoms with Crippen molar-refractivity contribution in [3.05, 3.63) is 35.5 Å². The molecule has 1 saturated heterocycles. The first kappa shape index (κ1) is 19.2. The number of nitrogens with zero attached hydrogens (tertiary/aromatic N) is 1. The van der Waals surface area contributed by atoms with Gasteiger partial charge in [-0.1, -0.05) is 18.2 Å². The molecule has 2 aliphatic rings. The van der Waals surface area contributed by atoms with Crippen LogP contribution in [0.4, 0.5) is 5.69 Å². The number of aromatic nitrogens is 1. The average molecular weight is 381 g/mol. The zero-order valence-electron chi connectivity index (χ0n) is 16.7. The van der Waals surface area contributed by atoms with E-state index in [0.717, 1.165) is 70.2 Å². The molecule has 0 radical (unpaired) electrons. The first-order valence-electron chi connectivity index (χ1n) is 11.0. The lowest BCUT2D eigenvalue weighted by Crippen LogP contribution is -2.40. The minimum atomic E-state index is 0.154. The second-order valence-corrected chi connectivity index (χ2v) is 8.10. The third-order valence-corrected chi connectivity index (χ3v) is 6.04. The van der Waals surface area contributed by atoms with Gasteiger partial charge in [0.1, 0.15) is 0 Å². The molecule has 1 amide bonds. The molecule has 150 valence electrons. The highest BCUT2D eigenvalue weighted by Crippen LogP contribution is 2.33. The number of piperidine rings is 1. The number of amides is 1. The van der Waals surface area contributed by atoms with E-state index in [4.69, 9.17) is 4.98 Å². The van der Waals surface area contributed by atoms with Crippen LogP contribution in [0.3, 0.4) is 0 Å². The minimum absolute atomic E-state index is 0.154. The summed E-state index contributed by atoms with van der Waals surface area (Å²) < 4.78 is 0. The van der Waals surface area contributed by atoms with Gasteiger partial charge in [-0.05, 0) is 69.5 Å². The number of carbonyl (C=O) groups excluding carboxylic acids is 1. The Morgan fingerprint density at radius 1 is 1.11 bits per heavy atom. The van der Waals surface area contributed by atoms with Crippen LogP contribution in [0, 0.1) is 5.92 Å². The molecule has 1 atom stereocenters. The normalized spacial score (nSPS) is 19.2.